The van der Waals surface area contributed by atoms with E-state index < -0.39 is 41.5 Å². The van der Waals surface area contributed by atoms with E-state index >= 15 is 0 Å². The van der Waals surface area contributed by atoms with Gasteiger partial charge >= 0.3 is 0 Å². The normalized spacial score (nSPS) is 14.5. The number of hydrogen-bond acceptors (Lipinski definition) is 21. The third-order valence-corrected chi connectivity index (χ3v) is 11.3. The SMILES string of the molecule is Cc1cc(Nc2nc(Nc3ccc(N=Nc4cccc(SOOO)c4)cc3OCCCS(=O)(=O)O)nc(N3CC3S(=O)(=O)O)n2)ccc1N=Nc1ccc(S(=O)(=O)O)cc1. The molecular weight excluding hydrogens is 873 g/mol. The molecule has 1 atom stereocenters. The van der Waals surface area contributed by atoms with Gasteiger partial charge in [0.2, 0.25) is 17.8 Å². The lowest BCUT2D eigenvalue weighted by atomic mass is 10.2. The number of benzene rings is 4. The van der Waals surface area contributed by atoms with E-state index in [-0.39, 0.29) is 53.7 Å². The van der Waals surface area contributed by atoms with Crippen LogP contribution in [0.15, 0.2) is 115 Å². The highest BCUT2D eigenvalue weighted by molar-refractivity contribution is 7.94. The maximum absolute atomic E-state index is 11.9. The molecule has 1 aliphatic heterocycles. The second kappa shape index (κ2) is 18.7. The zero-order chi connectivity index (χ0) is 43.1. The van der Waals surface area contributed by atoms with Gasteiger partial charge < -0.3 is 20.3 Å². The van der Waals surface area contributed by atoms with E-state index in [1.165, 1.54) is 35.2 Å². The number of nitrogens with zero attached hydrogens (tertiary/aromatic N) is 8. The first-order valence-corrected chi connectivity index (χ1v) is 22.2. The van der Waals surface area contributed by atoms with E-state index in [4.69, 9.17) is 9.99 Å². The van der Waals surface area contributed by atoms with Crippen molar-refractivity contribution < 1.29 is 58.3 Å². The molecule has 1 saturated heterocycles. The first-order valence-electron chi connectivity index (χ1n) is 17.0. The molecule has 4 aromatic carbocycles. The number of nitrogens with one attached hydrogen (secondary N) is 2. The summed E-state index contributed by atoms with van der Waals surface area (Å²) in [6.07, 6.45) is -0.0756. The van der Waals surface area contributed by atoms with Gasteiger partial charge in [-0.05, 0) is 91.7 Å². The average Bonchev–Trinajstić information content (AvgIpc) is 4.01. The molecule has 5 aromatic rings. The van der Waals surface area contributed by atoms with Crippen LogP contribution in [-0.4, -0.2) is 83.4 Å². The highest BCUT2D eigenvalue weighted by atomic mass is 32.2. The Morgan fingerprint density at radius 2 is 1.48 bits per heavy atom. The Balaban J connectivity index is 1.26. The summed E-state index contributed by atoms with van der Waals surface area (Å²) in [6.45, 7) is 1.49. The van der Waals surface area contributed by atoms with E-state index in [0.717, 1.165) is 12.0 Å². The molecule has 0 radical (unpaired) electrons. The van der Waals surface area contributed by atoms with Gasteiger partial charge in [-0.15, -0.1) is 4.33 Å². The minimum atomic E-state index is -4.48. The first-order chi connectivity index (χ1) is 28.4. The lowest BCUT2D eigenvalue weighted by Gasteiger charge is -2.15. The number of aromatic nitrogens is 3. The summed E-state index contributed by atoms with van der Waals surface area (Å²) in [5.74, 6) is -0.701. The highest BCUT2D eigenvalue weighted by Gasteiger charge is 2.46. The van der Waals surface area contributed by atoms with Gasteiger partial charge in [-0.1, -0.05) is 11.1 Å². The Morgan fingerprint density at radius 3 is 2.13 bits per heavy atom. The fraction of sp³-hybridized carbons (Fsp3) is 0.182. The molecule has 0 amide bonds. The third-order valence-electron chi connectivity index (χ3n) is 7.93. The zero-order valence-corrected chi connectivity index (χ0v) is 33.9. The lowest BCUT2D eigenvalue weighted by Crippen LogP contribution is -2.15. The van der Waals surface area contributed by atoms with Crippen LogP contribution in [0.3, 0.4) is 0 Å². The molecule has 1 aliphatic rings. The number of aryl methyl sites for hydroxylation is 1. The first kappa shape index (κ1) is 43.8. The second-order valence-corrected chi connectivity index (χ2v) is 17.8. The van der Waals surface area contributed by atoms with Gasteiger partial charge in [0.15, 0.2) is 5.37 Å². The largest absolute Gasteiger partial charge is 0.491 e. The van der Waals surface area contributed by atoms with Crippen molar-refractivity contribution >= 4 is 94.4 Å². The molecule has 0 spiro atoms. The van der Waals surface area contributed by atoms with Crippen molar-refractivity contribution in [3.05, 3.63) is 90.5 Å². The average molecular weight is 905 g/mol. The highest BCUT2D eigenvalue weighted by Crippen LogP contribution is 2.35. The predicted octanol–water partition coefficient (Wildman–Crippen LogP) is 6.86. The second-order valence-electron chi connectivity index (χ2n) is 12.4. The fourth-order valence-electron chi connectivity index (χ4n) is 5.07. The minimum Gasteiger partial charge on any atom is -0.491 e. The maximum Gasteiger partial charge on any atom is 0.294 e. The number of rotatable bonds is 19. The fourth-order valence-corrected chi connectivity index (χ4v) is 7.21. The van der Waals surface area contributed by atoms with Crippen molar-refractivity contribution in [1.82, 2.24) is 15.0 Å². The number of ether oxygens (including phenoxy) is 1. The van der Waals surface area contributed by atoms with Crippen LogP contribution in [-0.2, 0) is 39.7 Å². The molecule has 316 valence electrons. The summed E-state index contributed by atoms with van der Waals surface area (Å²) >= 11 is 0.732. The molecule has 1 unspecified atom stereocenters. The molecule has 1 fully saturated rings. The van der Waals surface area contributed by atoms with Crippen LogP contribution in [0.25, 0.3) is 0 Å². The Bertz CT molecular complexity index is 2760. The number of anilines is 5. The molecule has 1 aromatic heterocycles. The van der Waals surface area contributed by atoms with Crippen LogP contribution < -0.4 is 20.3 Å². The Morgan fingerprint density at radius 1 is 0.800 bits per heavy atom. The zero-order valence-electron chi connectivity index (χ0n) is 30.7. The molecule has 60 heavy (non-hydrogen) atoms. The predicted molar refractivity (Wildman–Crippen MR) is 215 cm³/mol. The minimum absolute atomic E-state index is 0.0476. The molecular formula is C33H32N10O13S4. The summed E-state index contributed by atoms with van der Waals surface area (Å²) in [4.78, 5) is 14.6. The van der Waals surface area contributed by atoms with E-state index in [1.807, 2.05) is 0 Å². The summed E-state index contributed by atoms with van der Waals surface area (Å²) in [6, 6.07) is 21.3. The van der Waals surface area contributed by atoms with Crippen molar-refractivity contribution in [2.24, 2.45) is 20.5 Å². The van der Waals surface area contributed by atoms with Crippen LogP contribution in [0, 0.1) is 6.92 Å². The van der Waals surface area contributed by atoms with Gasteiger partial charge in [-0.3, -0.25) is 13.7 Å². The number of hydrogen-bond donors (Lipinski definition) is 6. The summed E-state index contributed by atoms with van der Waals surface area (Å²) in [5.41, 5.74) is 2.86. The quantitative estimate of drug-likeness (QED) is 0.00936. The van der Waals surface area contributed by atoms with E-state index in [0.29, 0.717) is 38.9 Å². The van der Waals surface area contributed by atoms with Crippen molar-refractivity contribution in [3.8, 4) is 5.75 Å². The van der Waals surface area contributed by atoms with Crippen molar-refractivity contribution in [3.63, 3.8) is 0 Å². The molecule has 27 heteroatoms. The Kier molecular flexibility index (Phi) is 13.6. The van der Waals surface area contributed by atoms with Gasteiger partial charge in [0.05, 0.1) is 64.3 Å². The van der Waals surface area contributed by atoms with E-state index in [9.17, 15) is 38.9 Å². The van der Waals surface area contributed by atoms with Gasteiger partial charge in [0, 0.05) is 16.6 Å². The molecule has 2 heterocycles. The third kappa shape index (κ3) is 12.6. The Hall–Kier alpha value is -5.75. The van der Waals surface area contributed by atoms with Crippen LogP contribution in [0.2, 0.25) is 0 Å². The lowest BCUT2D eigenvalue weighted by molar-refractivity contribution is -0.432. The van der Waals surface area contributed by atoms with Crippen LogP contribution in [0.1, 0.15) is 12.0 Å². The summed E-state index contributed by atoms with van der Waals surface area (Å²) in [5, 5.41) is 33.5. The maximum atomic E-state index is 11.9. The van der Waals surface area contributed by atoms with E-state index in [1.54, 1.807) is 61.5 Å². The van der Waals surface area contributed by atoms with Crippen molar-refractivity contribution in [2.45, 2.75) is 28.5 Å². The number of azo groups is 2. The Labute approximate surface area is 345 Å². The molecule has 0 saturated carbocycles. The molecule has 0 aliphatic carbocycles. The van der Waals surface area contributed by atoms with Crippen LogP contribution in [0.5, 0.6) is 5.75 Å². The smallest absolute Gasteiger partial charge is 0.294 e. The van der Waals surface area contributed by atoms with Gasteiger partial charge in [0.25, 0.3) is 30.4 Å². The van der Waals surface area contributed by atoms with Crippen LogP contribution >= 0.6 is 12.0 Å². The topological polar surface area (TPSA) is 326 Å². The van der Waals surface area contributed by atoms with E-state index in [2.05, 4.69) is 55.4 Å². The summed E-state index contributed by atoms with van der Waals surface area (Å²) < 4.78 is 107. The monoisotopic (exact) mass is 904 g/mol. The standard InChI is InChI=1S/C33H32N10O13S4/c1-20-16-22(8-12-27(20)42-39-21-6-10-26(11-7-21)59(48,49)50)34-31-36-32(38-33(37-31)43-19-30(43)60(51,52)53)35-28-13-9-24(18-29(28)54-14-3-15-58(45,46)47)41-40-23-4-2-5-25(17-23)57-56-55-44/h2,4-13,16-18,30,44H,3,14-15,19H2,1H3,(H,45,46,47)(H,48,49,50)(H,51,52,53)(H2,34,35,36,37,38). The van der Waals surface area contributed by atoms with Gasteiger partial charge in [0.1, 0.15) is 5.75 Å². The summed E-state index contributed by atoms with van der Waals surface area (Å²) in [7, 11) is -13.1. The molecule has 23 nitrogen and oxygen atoms in total. The molecule has 6 N–H and O–H groups in total. The van der Waals surface area contributed by atoms with Gasteiger partial charge in [-0.2, -0.15) is 60.7 Å². The van der Waals surface area contributed by atoms with Crippen LogP contribution in [0.4, 0.5) is 52.0 Å². The van der Waals surface area contributed by atoms with Gasteiger partial charge in [-0.25, -0.2) is 5.26 Å². The molecule has 0 bridgehead atoms. The molecule has 6 rings (SSSR count). The van der Waals surface area contributed by atoms with Crippen molar-refractivity contribution in [2.75, 3.05) is 34.4 Å². The van der Waals surface area contributed by atoms with Crippen molar-refractivity contribution in [1.29, 1.82) is 0 Å².